The van der Waals surface area contributed by atoms with Gasteiger partial charge in [-0.15, -0.1) is 5.10 Å². The van der Waals surface area contributed by atoms with Crippen LogP contribution in [-0.2, 0) is 19.5 Å². The summed E-state index contributed by atoms with van der Waals surface area (Å²) >= 11 is 0. The third-order valence-electron chi connectivity index (χ3n) is 3.75. The van der Waals surface area contributed by atoms with Crippen molar-refractivity contribution < 1.29 is 4.42 Å². The minimum absolute atomic E-state index is 0.237. The highest BCUT2D eigenvalue weighted by Crippen LogP contribution is 2.19. The number of hydrogen-bond acceptors (Lipinski definition) is 6. The fraction of sp³-hybridized carbons (Fsp3) is 0.467. The molecule has 6 heteroatoms. The van der Waals surface area contributed by atoms with Crippen LogP contribution in [-0.4, -0.2) is 34.2 Å². The van der Waals surface area contributed by atoms with Gasteiger partial charge in [-0.2, -0.15) is 0 Å². The molecule has 1 unspecified atom stereocenters. The van der Waals surface area contributed by atoms with Gasteiger partial charge in [0.05, 0.1) is 6.54 Å². The van der Waals surface area contributed by atoms with Crippen LogP contribution in [0.2, 0.25) is 0 Å². The zero-order valence-corrected chi connectivity index (χ0v) is 12.2. The monoisotopic (exact) mass is 287 g/mol. The molecule has 0 bridgehead atoms. The van der Waals surface area contributed by atoms with Gasteiger partial charge in [0.25, 0.3) is 0 Å². The minimum Gasteiger partial charge on any atom is -0.407 e. The molecular formula is C15H21N5O. The van der Waals surface area contributed by atoms with Crippen molar-refractivity contribution in [3.63, 3.8) is 0 Å². The number of rotatable bonds is 5. The minimum atomic E-state index is 0.237. The van der Waals surface area contributed by atoms with Gasteiger partial charge in [-0.3, -0.25) is 4.90 Å². The van der Waals surface area contributed by atoms with Crippen molar-refractivity contribution in [2.75, 3.05) is 18.4 Å². The van der Waals surface area contributed by atoms with Gasteiger partial charge in [-0.1, -0.05) is 29.4 Å². The maximum Gasteiger partial charge on any atom is 0.315 e. The number of hydrogen-bond donors (Lipinski definition) is 2. The molecule has 112 valence electrons. The molecule has 1 atom stereocenters. The van der Waals surface area contributed by atoms with Gasteiger partial charge in [0.1, 0.15) is 0 Å². The van der Waals surface area contributed by atoms with Gasteiger partial charge in [0.15, 0.2) is 0 Å². The Morgan fingerprint density at radius 1 is 1.33 bits per heavy atom. The van der Waals surface area contributed by atoms with E-state index in [9.17, 15) is 0 Å². The van der Waals surface area contributed by atoms with Gasteiger partial charge in [-0.05, 0) is 24.5 Å². The van der Waals surface area contributed by atoms with Crippen molar-refractivity contribution in [2.45, 2.75) is 32.5 Å². The standard InChI is InChI=1S/C15H21N5O/c1-11(17-15-19-18-14(8-16)21-15)9-20-7-6-12-4-2-3-5-13(12)10-20/h2-5,11H,6-10,16H2,1H3,(H,17,19). The first-order chi connectivity index (χ1) is 10.2. The lowest BCUT2D eigenvalue weighted by atomic mass is 10.00. The summed E-state index contributed by atoms with van der Waals surface area (Å²) in [4.78, 5) is 2.44. The first kappa shape index (κ1) is 14.0. The lowest BCUT2D eigenvalue weighted by molar-refractivity contribution is 0.246. The summed E-state index contributed by atoms with van der Waals surface area (Å²) in [5, 5.41) is 11.0. The molecular weight excluding hydrogens is 266 g/mol. The number of nitrogens with one attached hydrogen (secondary N) is 1. The van der Waals surface area contributed by atoms with Gasteiger partial charge < -0.3 is 15.5 Å². The summed E-state index contributed by atoms with van der Waals surface area (Å²) in [5.74, 6) is 0.455. The van der Waals surface area contributed by atoms with Crippen molar-refractivity contribution in [3.8, 4) is 0 Å². The van der Waals surface area contributed by atoms with E-state index >= 15 is 0 Å². The maximum absolute atomic E-state index is 5.46. The van der Waals surface area contributed by atoms with Crippen LogP contribution >= 0.6 is 0 Å². The fourth-order valence-corrected chi connectivity index (χ4v) is 2.75. The molecule has 0 fully saturated rings. The summed E-state index contributed by atoms with van der Waals surface area (Å²) in [5.41, 5.74) is 8.36. The van der Waals surface area contributed by atoms with Crippen molar-refractivity contribution in [1.82, 2.24) is 15.1 Å². The van der Waals surface area contributed by atoms with Crippen LogP contribution in [0.15, 0.2) is 28.7 Å². The van der Waals surface area contributed by atoms with Crippen molar-refractivity contribution in [3.05, 3.63) is 41.3 Å². The second kappa shape index (κ2) is 6.24. The highest BCUT2D eigenvalue weighted by Gasteiger charge is 2.18. The van der Waals surface area contributed by atoms with E-state index in [2.05, 4.69) is 51.6 Å². The summed E-state index contributed by atoms with van der Waals surface area (Å²) in [6, 6.07) is 9.34. The molecule has 1 aliphatic heterocycles. The van der Waals surface area contributed by atoms with E-state index in [4.69, 9.17) is 10.2 Å². The largest absolute Gasteiger partial charge is 0.407 e. The van der Waals surface area contributed by atoms with E-state index in [1.165, 1.54) is 11.1 Å². The van der Waals surface area contributed by atoms with Gasteiger partial charge in [0.2, 0.25) is 5.89 Å². The SMILES string of the molecule is CC(CN1CCc2ccccc2C1)Nc1nnc(CN)o1. The maximum atomic E-state index is 5.46. The normalized spacial score (nSPS) is 16.5. The highest BCUT2D eigenvalue weighted by atomic mass is 16.4. The topological polar surface area (TPSA) is 80.2 Å². The summed E-state index contributed by atoms with van der Waals surface area (Å²) in [6.07, 6.45) is 1.11. The number of fused-ring (bicyclic) bond motifs is 1. The molecule has 3 N–H and O–H groups in total. The zero-order valence-electron chi connectivity index (χ0n) is 12.2. The van der Waals surface area contributed by atoms with Crippen LogP contribution < -0.4 is 11.1 Å². The first-order valence-electron chi connectivity index (χ1n) is 7.32. The van der Waals surface area contributed by atoms with Crippen LogP contribution in [0.5, 0.6) is 0 Å². The van der Waals surface area contributed by atoms with E-state index in [0.29, 0.717) is 11.9 Å². The predicted octanol–water partition coefficient (Wildman–Crippen LogP) is 1.39. The van der Waals surface area contributed by atoms with Crippen molar-refractivity contribution >= 4 is 6.01 Å². The Morgan fingerprint density at radius 3 is 2.90 bits per heavy atom. The molecule has 21 heavy (non-hydrogen) atoms. The van der Waals surface area contributed by atoms with E-state index in [-0.39, 0.29) is 12.6 Å². The van der Waals surface area contributed by atoms with E-state index in [1.807, 2.05) is 0 Å². The first-order valence-corrected chi connectivity index (χ1v) is 7.32. The van der Waals surface area contributed by atoms with Gasteiger partial charge in [-0.25, -0.2) is 0 Å². The molecule has 0 saturated heterocycles. The molecule has 1 aromatic carbocycles. The second-order valence-electron chi connectivity index (χ2n) is 5.50. The Labute approximate surface area is 124 Å². The molecule has 1 aliphatic rings. The van der Waals surface area contributed by atoms with Gasteiger partial charge >= 0.3 is 6.01 Å². The number of nitrogens with zero attached hydrogens (tertiary/aromatic N) is 3. The van der Waals surface area contributed by atoms with Crippen molar-refractivity contribution in [2.24, 2.45) is 5.73 Å². The average Bonchev–Trinajstić information content (AvgIpc) is 2.94. The Hall–Kier alpha value is -1.92. The molecule has 1 aromatic heterocycles. The Morgan fingerprint density at radius 2 is 2.14 bits per heavy atom. The highest BCUT2D eigenvalue weighted by molar-refractivity contribution is 5.29. The molecule has 3 rings (SSSR count). The number of aromatic nitrogens is 2. The Bertz CT molecular complexity index is 597. The smallest absolute Gasteiger partial charge is 0.315 e. The third-order valence-corrected chi connectivity index (χ3v) is 3.75. The number of nitrogens with two attached hydrogens (primary N) is 1. The van der Waals surface area contributed by atoms with Crippen LogP contribution in [0.25, 0.3) is 0 Å². The van der Waals surface area contributed by atoms with E-state index < -0.39 is 0 Å². The fourth-order valence-electron chi connectivity index (χ4n) is 2.75. The van der Waals surface area contributed by atoms with Gasteiger partial charge in [0, 0.05) is 25.7 Å². The number of anilines is 1. The predicted molar refractivity (Wildman–Crippen MR) is 80.7 cm³/mol. The molecule has 0 aliphatic carbocycles. The van der Waals surface area contributed by atoms with Crippen LogP contribution in [0.4, 0.5) is 6.01 Å². The Kier molecular flexibility index (Phi) is 4.17. The molecule has 0 amide bonds. The van der Waals surface area contributed by atoms with Crippen molar-refractivity contribution in [1.29, 1.82) is 0 Å². The van der Waals surface area contributed by atoms with Crippen LogP contribution in [0.3, 0.4) is 0 Å². The zero-order chi connectivity index (χ0) is 14.7. The average molecular weight is 287 g/mol. The molecule has 2 heterocycles. The van der Waals surface area contributed by atoms with Crippen LogP contribution in [0.1, 0.15) is 23.9 Å². The molecule has 0 radical (unpaired) electrons. The lowest BCUT2D eigenvalue weighted by Gasteiger charge is -2.30. The van der Waals surface area contributed by atoms with Crippen LogP contribution in [0, 0.1) is 0 Å². The molecule has 0 saturated carbocycles. The molecule has 2 aromatic rings. The quantitative estimate of drug-likeness (QED) is 0.865. The summed E-state index contributed by atoms with van der Waals surface area (Å²) < 4.78 is 5.37. The van der Waals surface area contributed by atoms with E-state index in [1.54, 1.807) is 0 Å². The second-order valence-corrected chi connectivity index (χ2v) is 5.50. The van der Waals surface area contributed by atoms with E-state index in [0.717, 1.165) is 26.1 Å². The summed E-state index contributed by atoms with van der Waals surface area (Å²) in [6.45, 7) is 5.41. The Balaban J connectivity index is 1.55. The lowest BCUT2D eigenvalue weighted by Crippen LogP contribution is -2.38. The molecule has 6 nitrogen and oxygen atoms in total. The number of benzene rings is 1. The summed E-state index contributed by atoms with van der Waals surface area (Å²) in [7, 11) is 0. The third kappa shape index (κ3) is 3.40. The molecule has 0 spiro atoms.